The lowest BCUT2D eigenvalue weighted by Gasteiger charge is -2.25. The summed E-state index contributed by atoms with van der Waals surface area (Å²) in [4.78, 5) is 44.5. The number of carbonyl (C=O) groups excluding carboxylic acids is 1. The molecule has 4 rings (SSSR count). The molecule has 13 heteroatoms. The van der Waals surface area contributed by atoms with Crippen LogP contribution in [0.25, 0.3) is 22.2 Å². The Bertz CT molecular complexity index is 1480. The topological polar surface area (TPSA) is 148 Å². The van der Waals surface area contributed by atoms with Gasteiger partial charge in [0.05, 0.1) is 36.4 Å². The van der Waals surface area contributed by atoms with Gasteiger partial charge in [0.1, 0.15) is 5.75 Å². The number of aromatic nitrogens is 4. The number of benzene rings is 1. The van der Waals surface area contributed by atoms with Gasteiger partial charge in [-0.15, -0.1) is 0 Å². The Morgan fingerprint density at radius 2 is 1.94 bits per heavy atom. The second-order valence-electron chi connectivity index (χ2n) is 8.83. The van der Waals surface area contributed by atoms with Crippen molar-refractivity contribution in [2.75, 3.05) is 43.4 Å². The third-order valence-electron chi connectivity index (χ3n) is 5.87. The zero-order valence-corrected chi connectivity index (χ0v) is 20.6. The summed E-state index contributed by atoms with van der Waals surface area (Å²) in [6, 6.07) is 5.14. The van der Waals surface area contributed by atoms with Crippen molar-refractivity contribution in [1.29, 1.82) is 0 Å². The quantitative estimate of drug-likeness (QED) is 0.435. The molecule has 2 N–H and O–H groups in total. The fourth-order valence-electron chi connectivity index (χ4n) is 4.14. The van der Waals surface area contributed by atoms with Gasteiger partial charge < -0.3 is 9.72 Å². The first-order valence-corrected chi connectivity index (χ1v) is 12.8. The molecule has 1 fully saturated rings. The van der Waals surface area contributed by atoms with Gasteiger partial charge in [-0.05, 0) is 29.7 Å². The van der Waals surface area contributed by atoms with Crippen LogP contribution in [0.5, 0.6) is 0 Å². The number of morpholine rings is 1. The number of hydrogen-bond donors (Lipinski definition) is 2. The van der Waals surface area contributed by atoms with Crippen LogP contribution in [0.1, 0.15) is 25.3 Å². The van der Waals surface area contributed by atoms with E-state index >= 15 is 0 Å². The zero-order chi connectivity index (χ0) is 25.3. The Kier molecular flexibility index (Phi) is 6.92. The molecule has 188 valence electrons. The number of aryl methyl sites for hydroxylation is 1. The van der Waals surface area contributed by atoms with E-state index in [2.05, 4.69) is 10.1 Å². The number of H-pyrrole nitrogens is 1. The minimum atomic E-state index is -4.31. The minimum absolute atomic E-state index is 0.0563. The van der Waals surface area contributed by atoms with E-state index in [1.165, 1.54) is 0 Å². The molecule has 0 bridgehead atoms. The maximum Gasteiger partial charge on any atom is 0.348 e. The third kappa shape index (κ3) is 5.36. The number of ketones is 1. The van der Waals surface area contributed by atoms with Gasteiger partial charge in [-0.2, -0.15) is 9.77 Å². The standard InChI is InChI=1S/C22H28N6O6S/c1-14(2)16-11-19-18(10-17(16)20-4-5-23-26(20)3)21(30)28(22(31)24-19)25-35(32,33)13-15(29)12-27-6-8-34-9-7-27/h4-5,10-11,14,25H,6-9,12-13H2,1-3H3,(H,24,31). The van der Waals surface area contributed by atoms with Crippen LogP contribution in [-0.2, 0) is 26.6 Å². The van der Waals surface area contributed by atoms with Crippen molar-refractivity contribution in [3.8, 4) is 11.3 Å². The molecule has 3 aromatic rings. The smallest absolute Gasteiger partial charge is 0.348 e. The van der Waals surface area contributed by atoms with Crippen molar-refractivity contribution in [2.24, 2.45) is 7.05 Å². The van der Waals surface area contributed by atoms with Crippen LogP contribution in [0.4, 0.5) is 0 Å². The fourth-order valence-corrected chi connectivity index (χ4v) is 5.16. The summed E-state index contributed by atoms with van der Waals surface area (Å²) in [6.07, 6.45) is 1.64. The van der Waals surface area contributed by atoms with Crippen molar-refractivity contribution in [3.63, 3.8) is 0 Å². The molecule has 35 heavy (non-hydrogen) atoms. The SMILES string of the molecule is CC(C)c1cc2[nH]c(=O)n(NS(=O)(=O)CC(=O)CN3CCOCC3)c(=O)c2cc1-c1ccnn1C. The Balaban J connectivity index is 1.68. The van der Waals surface area contributed by atoms with E-state index in [1.807, 2.05) is 18.7 Å². The molecule has 0 amide bonds. The second-order valence-corrected chi connectivity index (χ2v) is 10.5. The van der Waals surface area contributed by atoms with Crippen molar-refractivity contribution in [2.45, 2.75) is 19.8 Å². The molecule has 12 nitrogen and oxygen atoms in total. The molecule has 0 spiro atoms. The van der Waals surface area contributed by atoms with E-state index in [0.717, 1.165) is 16.8 Å². The Labute approximate surface area is 201 Å². The number of nitrogens with zero attached hydrogens (tertiary/aromatic N) is 4. The summed E-state index contributed by atoms with van der Waals surface area (Å²) in [6.45, 7) is 5.92. The highest BCUT2D eigenvalue weighted by molar-refractivity contribution is 7.93. The number of carbonyl (C=O) groups is 1. The molecule has 1 aliphatic rings. The molecule has 0 unspecified atom stereocenters. The molecule has 0 atom stereocenters. The minimum Gasteiger partial charge on any atom is -0.379 e. The highest BCUT2D eigenvalue weighted by Crippen LogP contribution is 2.31. The number of Topliss-reactive ketones (excluding diaryl/α,β-unsaturated/α-hetero) is 1. The lowest BCUT2D eigenvalue weighted by molar-refractivity contribution is -0.118. The largest absolute Gasteiger partial charge is 0.379 e. The van der Waals surface area contributed by atoms with Crippen LogP contribution in [0.2, 0.25) is 0 Å². The van der Waals surface area contributed by atoms with Gasteiger partial charge in [0.15, 0.2) is 5.78 Å². The summed E-state index contributed by atoms with van der Waals surface area (Å²) < 4.78 is 32.5. The zero-order valence-electron chi connectivity index (χ0n) is 19.8. The number of nitrogens with one attached hydrogen (secondary N) is 2. The Morgan fingerprint density at radius 3 is 2.57 bits per heavy atom. The molecule has 0 radical (unpaired) electrons. The summed E-state index contributed by atoms with van der Waals surface area (Å²) in [5.74, 6) is -1.34. The number of fused-ring (bicyclic) bond motifs is 1. The van der Waals surface area contributed by atoms with Gasteiger partial charge in [0.2, 0.25) is 0 Å². The average Bonchev–Trinajstić information content (AvgIpc) is 3.21. The van der Waals surface area contributed by atoms with Crippen molar-refractivity contribution in [1.82, 2.24) is 24.3 Å². The molecule has 1 aromatic carbocycles. The molecular weight excluding hydrogens is 476 g/mol. The Morgan fingerprint density at radius 1 is 1.23 bits per heavy atom. The van der Waals surface area contributed by atoms with E-state index in [9.17, 15) is 22.8 Å². The lowest BCUT2D eigenvalue weighted by atomic mass is 9.93. The molecule has 1 saturated heterocycles. The summed E-state index contributed by atoms with van der Waals surface area (Å²) in [7, 11) is -2.53. The molecule has 0 aliphatic carbocycles. The molecule has 0 saturated carbocycles. The first-order valence-electron chi connectivity index (χ1n) is 11.2. The maximum absolute atomic E-state index is 13.2. The van der Waals surface area contributed by atoms with Crippen molar-refractivity contribution in [3.05, 3.63) is 50.8 Å². The highest BCUT2D eigenvalue weighted by Gasteiger charge is 2.23. The highest BCUT2D eigenvalue weighted by atomic mass is 32.2. The monoisotopic (exact) mass is 504 g/mol. The normalized spacial score (nSPS) is 15.1. The summed E-state index contributed by atoms with van der Waals surface area (Å²) in [5, 5.41) is 4.31. The van der Waals surface area contributed by atoms with Crippen LogP contribution >= 0.6 is 0 Å². The van der Waals surface area contributed by atoms with Gasteiger partial charge in [-0.1, -0.05) is 13.8 Å². The van der Waals surface area contributed by atoms with Crippen molar-refractivity contribution < 1.29 is 17.9 Å². The van der Waals surface area contributed by atoms with E-state index in [1.54, 1.807) is 41.0 Å². The van der Waals surface area contributed by atoms with Crippen LogP contribution in [0.3, 0.4) is 0 Å². The first-order chi connectivity index (χ1) is 16.6. The predicted octanol–water partition coefficient (Wildman–Crippen LogP) is -0.0117. The second kappa shape index (κ2) is 9.76. The number of aromatic amines is 1. The summed E-state index contributed by atoms with van der Waals surface area (Å²) in [5.41, 5.74) is 0.895. The van der Waals surface area contributed by atoms with Crippen LogP contribution < -0.4 is 16.1 Å². The van der Waals surface area contributed by atoms with Crippen LogP contribution in [-0.4, -0.2) is 77.1 Å². The predicted molar refractivity (Wildman–Crippen MR) is 131 cm³/mol. The summed E-state index contributed by atoms with van der Waals surface area (Å²) >= 11 is 0. The van der Waals surface area contributed by atoms with E-state index in [0.29, 0.717) is 31.0 Å². The van der Waals surface area contributed by atoms with Gasteiger partial charge in [-0.3, -0.25) is 19.2 Å². The van der Waals surface area contributed by atoms with E-state index in [4.69, 9.17) is 4.74 Å². The number of rotatable bonds is 8. The van der Waals surface area contributed by atoms with Crippen LogP contribution in [0.15, 0.2) is 34.0 Å². The number of sulfonamides is 1. The molecule has 1 aliphatic heterocycles. The fraction of sp³-hybridized carbons (Fsp3) is 0.455. The maximum atomic E-state index is 13.2. The van der Waals surface area contributed by atoms with E-state index < -0.39 is 32.8 Å². The average molecular weight is 505 g/mol. The first kappa shape index (κ1) is 24.8. The van der Waals surface area contributed by atoms with Gasteiger partial charge in [-0.25, -0.2) is 18.0 Å². The van der Waals surface area contributed by atoms with Gasteiger partial charge in [0, 0.05) is 31.9 Å². The molecular formula is C22H28N6O6S. The van der Waals surface area contributed by atoms with Gasteiger partial charge in [0.25, 0.3) is 15.6 Å². The van der Waals surface area contributed by atoms with Gasteiger partial charge >= 0.3 is 5.69 Å². The Hall–Kier alpha value is -3.29. The number of ether oxygens (including phenoxy) is 1. The lowest BCUT2D eigenvalue weighted by Crippen LogP contribution is -2.46. The molecule has 2 aromatic heterocycles. The van der Waals surface area contributed by atoms with Crippen molar-refractivity contribution >= 4 is 26.7 Å². The molecule has 3 heterocycles. The van der Waals surface area contributed by atoms with E-state index in [-0.39, 0.29) is 23.4 Å². The number of hydrogen-bond acceptors (Lipinski definition) is 8. The van der Waals surface area contributed by atoms with Crippen LogP contribution in [0, 0.1) is 0 Å². The third-order valence-corrected chi connectivity index (χ3v) is 7.03.